The van der Waals surface area contributed by atoms with Gasteiger partial charge in [0.05, 0.1) is 6.61 Å². The van der Waals surface area contributed by atoms with Gasteiger partial charge in [0.25, 0.3) is 6.29 Å². The van der Waals surface area contributed by atoms with Crippen LogP contribution in [0.1, 0.15) is 11.1 Å². The lowest BCUT2D eigenvalue weighted by Crippen LogP contribution is -2.25. The first-order chi connectivity index (χ1) is 9.75. The van der Waals surface area contributed by atoms with Crippen LogP contribution < -0.4 is 0 Å². The molecular formula is C16H16O4. The molecule has 4 heteroatoms. The number of esters is 1. The Bertz CT molecular complexity index is 525. The molecule has 0 unspecified atom stereocenters. The summed E-state index contributed by atoms with van der Waals surface area (Å²) in [4.78, 5) is 11.5. The van der Waals surface area contributed by atoms with Gasteiger partial charge in [-0.25, -0.2) is 4.79 Å². The highest BCUT2D eigenvalue weighted by atomic mass is 16.6. The second-order valence-corrected chi connectivity index (χ2v) is 4.24. The van der Waals surface area contributed by atoms with Crippen molar-refractivity contribution < 1.29 is 19.4 Å². The van der Waals surface area contributed by atoms with Gasteiger partial charge in [0.15, 0.2) is 0 Å². The molecule has 2 aromatic carbocycles. The topological polar surface area (TPSA) is 55.8 Å². The second kappa shape index (κ2) is 7.43. The Morgan fingerprint density at radius 3 is 1.95 bits per heavy atom. The Morgan fingerprint density at radius 1 is 0.900 bits per heavy atom. The van der Waals surface area contributed by atoms with Crippen LogP contribution in [0.5, 0.6) is 0 Å². The number of aliphatic hydroxyl groups excluding tert-OH is 1. The maximum absolute atomic E-state index is 11.5. The zero-order chi connectivity index (χ0) is 14.2. The van der Waals surface area contributed by atoms with Crippen molar-refractivity contribution >= 4 is 5.97 Å². The van der Waals surface area contributed by atoms with E-state index in [2.05, 4.69) is 0 Å². The molecule has 1 atom stereocenters. The van der Waals surface area contributed by atoms with E-state index in [9.17, 15) is 9.90 Å². The normalized spacial score (nSPS) is 11.8. The second-order valence-electron chi connectivity index (χ2n) is 4.24. The summed E-state index contributed by atoms with van der Waals surface area (Å²) in [6.07, 6.45) is -1.57. The molecule has 20 heavy (non-hydrogen) atoms. The maximum Gasteiger partial charge on any atom is 0.363 e. The molecule has 0 spiro atoms. The lowest BCUT2D eigenvalue weighted by atomic mass is 10.2. The van der Waals surface area contributed by atoms with Crippen molar-refractivity contribution in [3.8, 4) is 0 Å². The number of ether oxygens (including phenoxy) is 2. The molecule has 0 radical (unpaired) electrons. The molecule has 0 amide bonds. The third-order valence-electron chi connectivity index (χ3n) is 2.68. The number of hydrogen-bond acceptors (Lipinski definition) is 4. The molecule has 0 heterocycles. The average Bonchev–Trinajstić information content (AvgIpc) is 2.52. The molecule has 2 rings (SSSR count). The monoisotopic (exact) mass is 272 g/mol. The van der Waals surface area contributed by atoms with Crippen molar-refractivity contribution in [3.63, 3.8) is 0 Å². The van der Waals surface area contributed by atoms with Crippen molar-refractivity contribution in [3.05, 3.63) is 71.8 Å². The van der Waals surface area contributed by atoms with Crippen LogP contribution in [0.25, 0.3) is 0 Å². The predicted molar refractivity (Wildman–Crippen MR) is 73.5 cm³/mol. The first kappa shape index (κ1) is 14.2. The van der Waals surface area contributed by atoms with Gasteiger partial charge < -0.3 is 14.6 Å². The molecular weight excluding hydrogens is 256 g/mol. The Hall–Kier alpha value is -2.17. The van der Waals surface area contributed by atoms with Crippen LogP contribution >= 0.6 is 0 Å². The Balaban J connectivity index is 1.75. The van der Waals surface area contributed by atoms with E-state index < -0.39 is 12.3 Å². The van der Waals surface area contributed by atoms with Crippen molar-refractivity contribution in [2.75, 3.05) is 0 Å². The van der Waals surface area contributed by atoms with E-state index in [0.29, 0.717) is 0 Å². The first-order valence-corrected chi connectivity index (χ1v) is 6.30. The summed E-state index contributed by atoms with van der Waals surface area (Å²) in [7, 11) is 0. The van der Waals surface area contributed by atoms with Crippen LogP contribution in [0.4, 0.5) is 0 Å². The maximum atomic E-state index is 11.5. The van der Waals surface area contributed by atoms with E-state index in [4.69, 9.17) is 9.47 Å². The molecule has 104 valence electrons. The SMILES string of the molecule is O=C(OCc1ccccc1)[C@H](O)OCc1ccccc1. The Morgan fingerprint density at radius 2 is 1.40 bits per heavy atom. The van der Waals surface area contributed by atoms with E-state index in [1.165, 1.54) is 0 Å². The lowest BCUT2D eigenvalue weighted by Gasteiger charge is -2.11. The minimum absolute atomic E-state index is 0.116. The van der Waals surface area contributed by atoms with Crippen LogP contribution in [0.3, 0.4) is 0 Å². The van der Waals surface area contributed by atoms with Crippen LogP contribution in [0.15, 0.2) is 60.7 Å². The summed E-state index contributed by atoms with van der Waals surface area (Å²) in [6.45, 7) is 0.272. The van der Waals surface area contributed by atoms with Crippen molar-refractivity contribution in [1.29, 1.82) is 0 Å². The summed E-state index contributed by atoms with van der Waals surface area (Å²) in [6, 6.07) is 18.6. The minimum atomic E-state index is -1.57. The van der Waals surface area contributed by atoms with Gasteiger partial charge in [0, 0.05) is 0 Å². The highest BCUT2D eigenvalue weighted by Crippen LogP contribution is 2.05. The molecule has 0 aliphatic rings. The van der Waals surface area contributed by atoms with Gasteiger partial charge in [-0.1, -0.05) is 60.7 Å². The molecule has 0 bridgehead atoms. The summed E-state index contributed by atoms with van der Waals surface area (Å²) in [5.74, 6) is -0.787. The van der Waals surface area contributed by atoms with Gasteiger partial charge >= 0.3 is 5.97 Å². The average molecular weight is 272 g/mol. The van der Waals surface area contributed by atoms with Crippen molar-refractivity contribution in [1.82, 2.24) is 0 Å². The number of aliphatic hydroxyl groups is 1. The fourth-order valence-electron chi connectivity index (χ4n) is 1.62. The Kier molecular flexibility index (Phi) is 5.29. The summed E-state index contributed by atoms with van der Waals surface area (Å²) < 4.78 is 10.0. The first-order valence-electron chi connectivity index (χ1n) is 6.30. The summed E-state index contributed by atoms with van der Waals surface area (Å²) in [5, 5.41) is 9.56. The minimum Gasteiger partial charge on any atom is -0.457 e. The predicted octanol–water partition coefficient (Wildman–Crippen LogP) is 2.26. The standard InChI is InChI=1S/C16H16O4/c17-15(19-11-13-7-3-1-4-8-13)16(18)20-12-14-9-5-2-6-10-14/h1-10,15,17H,11-12H2/t15-/m1/s1. The van der Waals surface area contributed by atoms with Crippen molar-refractivity contribution in [2.24, 2.45) is 0 Å². The molecule has 0 aliphatic carbocycles. The smallest absolute Gasteiger partial charge is 0.363 e. The fourth-order valence-corrected chi connectivity index (χ4v) is 1.62. The van der Waals surface area contributed by atoms with Gasteiger partial charge in [0.2, 0.25) is 0 Å². The quantitative estimate of drug-likeness (QED) is 0.647. The van der Waals surface area contributed by atoms with Gasteiger partial charge in [0.1, 0.15) is 6.61 Å². The Labute approximate surface area is 117 Å². The molecule has 0 saturated carbocycles. The molecule has 2 aromatic rings. The zero-order valence-electron chi connectivity index (χ0n) is 10.9. The fraction of sp³-hybridized carbons (Fsp3) is 0.188. The molecule has 0 fully saturated rings. The van der Waals surface area contributed by atoms with Gasteiger partial charge in [-0.15, -0.1) is 0 Å². The van der Waals surface area contributed by atoms with Gasteiger partial charge in [-0.05, 0) is 11.1 Å². The molecule has 0 aromatic heterocycles. The molecule has 4 nitrogen and oxygen atoms in total. The van der Waals surface area contributed by atoms with Gasteiger partial charge in [-0.2, -0.15) is 0 Å². The number of carbonyl (C=O) groups is 1. The van der Waals surface area contributed by atoms with E-state index in [0.717, 1.165) is 11.1 Å². The van der Waals surface area contributed by atoms with E-state index in [1.54, 1.807) is 0 Å². The van der Waals surface area contributed by atoms with Crippen LogP contribution in [-0.2, 0) is 27.5 Å². The largest absolute Gasteiger partial charge is 0.457 e. The molecule has 0 aliphatic heterocycles. The van der Waals surface area contributed by atoms with Crippen LogP contribution in [-0.4, -0.2) is 17.4 Å². The third kappa shape index (κ3) is 4.50. The zero-order valence-corrected chi connectivity index (χ0v) is 10.9. The molecule has 1 N–H and O–H groups in total. The van der Waals surface area contributed by atoms with Gasteiger partial charge in [-0.3, -0.25) is 0 Å². The number of benzene rings is 2. The van der Waals surface area contributed by atoms with Crippen LogP contribution in [0.2, 0.25) is 0 Å². The van der Waals surface area contributed by atoms with Crippen molar-refractivity contribution in [2.45, 2.75) is 19.5 Å². The summed E-state index contributed by atoms with van der Waals surface area (Å²) >= 11 is 0. The highest BCUT2D eigenvalue weighted by molar-refractivity contribution is 5.72. The molecule has 0 saturated heterocycles. The van der Waals surface area contributed by atoms with Crippen LogP contribution in [0, 0.1) is 0 Å². The number of carbonyl (C=O) groups excluding carboxylic acids is 1. The van der Waals surface area contributed by atoms with E-state index >= 15 is 0 Å². The summed E-state index contributed by atoms with van der Waals surface area (Å²) in [5.41, 5.74) is 1.73. The number of rotatable bonds is 6. The third-order valence-corrected chi connectivity index (χ3v) is 2.68. The number of hydrogen-bond donors (Lipinski definition) is 1. The lowest BCUT2D eigenvalue weighted by molar-refractivity contribution is -0.186. The van der Waals surface area contributed by atoms with E-state index in [-0.39, 0.29) is 13.2 Å². The highest BCUT2D eigenvalue weighted by Gasteiger charge is 2.17. The van der Waals surface area contributed by atoms with E-state index in [1.807, 2.05) is 60.7 Å².